The predicted octanol–water partition coefficient (Wildman–Crippen LogP) is 7.99. The van der Waals surface area contributed by atoms with Crippen molar-refractivity contribution >= 4 is 22.8 Å². The minimum Gasteiger partial charge on any atom is -0.460 e. The Morgan fingerprint density at radius 3 is 2.13 bits per heavy atom. The molecule has 0 N–H and O–H groups in total. The number of aryl methyl sites for hydroxylation is 1. The monoisotopic (exact) mass is 526 g/mol. The number of amides is 1. The van der Waals surface area contributed by atoms with Gasteiger partial charge in [0.1, 0.15) is 22.8 Å². The van der Waals surface area contributed by atoms with Gasteiger partial charge in [-0.15, -0.1) is 0 Å². The molecule has 1 saturated heterocycles. The first-order chi connectivity index (χ1) is 18.6. The minimum absolute atomic E-state index is 0.262. The van der Waals surface area contributed by atoms with Gasteiger partial charge in [-0.1, -0.05) is 49.9 Å². The summed E-state index contributed by atoms with van der Waals surface area (Å²) in [6.07, 6.45) is 0.535. The van der Waals surface area contributed by atoms with Crippen LogP contribution in [0.2, 0.25) is 0 Å². The normalized spacial score (nSPS) is 14.1. The van der Waals surface area contributed by atoms with E-state index in [1.54, 1.807) is 17.0 Å². The lowest BCUT2D eigenvalue weighted by Gasteiger charge is -2.37. The zero-order chi connectivity index (χ0) is 27.7. The molecule has 5 rings (SSSR count). The summed E-state index contributed by atoms with van der Waals surface area (Å²) in [5.41, 5.74) is 6.29. The number of nitrogens with zero attached hydrogens (tertiary/aromatic N) is 2. The first-order valence-electron chi connectivity index (χ1n) is 13.5. The third-order valence-corrected chi connectivity index (χ3v) is 7.04. The Balaban J connectivity index is 1.35. The molecule has 0 aliphatic carbocycles. The van der Waals surface area contributed by atoms with Crippen LogP contribution in [0.15, 0.2) is 77.7 Å². The second-order valence-electron chi connectivity index (χ2n) is 11.0. The van der Waals surface area contributed by atoms with Crippen molar-refractivity contribution in [1.29, 1.82) is 0 Å². The fourth-order valence-corrected chi connectivity index (χ4v) is 4.91. The number of benzene rings is 3. The van der Waals surface area contributed by atoms with Gasteiger partial charge in [0.25, 0.3) is 0 Å². The summed E-state index contributed by atoms with van der Waals surface area (Å²) in [5, 5.41) is 1.03. The number of carbonyl (C=O) groups is 1. The van der Waals surface area contributed by atoms with Crippen LogP contribution in [0.4, 0.5) is 9.18 Å². The molecule has 1 amide bonds. The highest BCUT2D eigenvalue weighted by molar-refractivity contribution is 5.97. The number of carbonyl (C=O) groups excluding carboxylic acids is 1. The fraction of sp³-hybridized carbons (Fsp3) is 0.303. The molecular formula is C33H35FN2O3. The van der Waals surface area contributed by atoms with E-state index in [0.717, 1.165) is 56.7 Å². The molecular weight excluding hydrogens is 491 g/mol. The smallest absolute Gasteiger partial charge is 0.410 e. The number of ether oxygens (including phenoxy) is 1. The number of piperazine rings is 1. The SMILES string of the molecule is C=C(c1ccc(-c2cc(-c3ccc(F)cc3)c3oc(CC)cc3c2)cc1)N1CCN(C(=O)OC(C)(C)C)CC1. The highest BCUT2D eigenvalue weighted by atomic mass is 19.1. The highest BCUT2D eigenvalue weighted by Crippen LogP contribution is 2.36. The molecule has 202 valence electrons. The molecule has 39 heavy (non-hydrogen) atoms. The third kappa shape index (κ3) is 5.85. The lowest BCUT2D eigenvalue weighted by Crippen LogP contribution is -2.49. The van der Waals surface area contributed by atoms with Crippen molar-refractivity contribution in [2.75, 3.05) is 26.2 Å². The maximum atomic E-state index is 13.6. The van der Waals surface area contributed by atoms with E-state index in [9.17, 15) is 9.18 Å². The lowest BCUT2D eigenvalue weighted by atomic mass is 9.96. The zero-order valence-electron chi connectivity index (χ0n) is 23.1. The molecule has 0 spiro atoms. The third-order valence-electron chi connectivity index (χ3n) is 7.04. The van der Waals surface area contributed by atoms with Crippen molar-refractivity contribution in [3.05, 3.63) is 90.4 Å². The molecule has 5 nitrogen and oxygen atoms in total. The molecule has 0 atom stereocenters. The van der Waals surface area contributed by atoms with Crippen LogP contribution < -0.4 is 0 Å². The van der Waals surface area contributed by atoms with Gasteiger partial charge < -0.3 is 19.0 Å². The summed E-state index contributed by atoms with van der Waals surface area (Å²) in [4.78, 5) is 16.4. The minimum atomic E-state index is -0.500. The molecule has 0 saturated carbocycles. The molecule has 1 fully saturated rings. The van der Waals surface area contributed by atoms with Crippen molar-refractivity contribution in [2.45, 2.75) is 39.7 Å². The van der Waals surface area contributed by atoms with Crippen LogP contribution in [-0.4, -0.2) is 47.7 Å². The molecule has 3 aromatic carbocycles. The number of rotatable bonds is 5. The van der Waals surface area contributed by atoms with Gasteiger partial charge in [-0.05, 0) is 73.4 Å². The Hall–Kier alpha value is -4.06. The summed E-state index contributed by atoms with van der Waals surface area (Å²) in [6, 6.07) is 21.3. The summed E-state index contributed by atoms with van der Waals surface area (Å²) < 4.78 is 25.3. The topological polar surface area (TPSA) is 45.9 Å². The Labute approximate surface area is 229 Å². The van der Waals surface area contributed by atoms with Crippen LogP contribution in [0.5, 0.6) is 0 Å². The molecule has 6 heteroatoms. The van der Waals surface area contributed by atoms with E-state index in [-0.39, 0.29) is 11.9 Å². The van der Waals surface area contributed by atoms with Crippen molar-refractivity contribution in [1.82, 2.24) is 9.80 Å². The van der Waals surface area contributed by atoms with Gasteiger partial charge in [0.05, 0.1) is 0 Å². The molecule has 2 heterocycles. The van der Waals surface area contributed by atoms with Crippen LogP contribution >= 0.6 is 0 Å². The van der Waals surface area contributed by atoms with E-state index in [2.05, 4.69) is 60.9 Å². The molecule has 0 bridgehead atoms. The van der Waals surface area contributed by atoms with E-state index in [1.165, 1.54) is 12.1 Å². The van der Waals surface area contributed by atoms with Crippen LogP contribution in [0.1, 0.15) is 39.0 Å². The Kier molecular flexibility index (Phi) is 7.21. The summed E-state index contributed by atoms with van der Waals surface area (Å²) in [6.45, 7) is 14.7. The Morgan fingerprint density at radius 1 is 0.897 bits per heavy atom. The first kappa shape index (κ1) is 26.5. The van der Waals surface area contributed by atoms with E-state index < -0.39 is 5.60 Å². The van der Waals surface area contributed by atoms with Gasteiger partial charge in [-0.25, -0.2) is 9.18 Å². The van der Waals surface area contributed by atoms with Gasteiger partial charge in [-0.2, -0.15) is 0 Å². The van der Waals surface area contributed by atoms with Crippen LogP contribution in [0, 0.1) is 5.82 Å². The number of hydrogen-bond acceptors (Lipinski definition) is 4. The maximum Gasteiger partial charge on any atom is 0.410 e. The van der Waals surface area contributed by atoms with E-state index in [4.69, 9.17) is 9.15 Å². The van der Waals surface area contributed by atoms with Gasteiger partial charge in [0.15, 0.2) is 0 Å². The number of hydrogen-bond donors (Lipinski definition) is 0. The second kappa shape index (κ2) is 10.6. The molecule has 1 aromatic heterocycles. The summed E-state index contributed by atoms with van der Waals surface area (Å²) in [7, 11) is 0. The van der Waals surface area contributed by atoms with Crippen molar-refractivity contribution in [2.24, 2.45) is 0 Å². The van der Waals surface area contributed by atoms with Gasteiger partial charge in [-0.3, -0.25) is 0 Å². The van der Waals surface area contributed by atoms with Crippen LogP contribution in [-0.2, 0) is 11.2 Å². The molecule has 0 radical (unpaired) electrons. The highest BCUT2D eigenvalue weighted by Gasteiger charge is 2.26. The zero-order valence-corrected chi connectivity index (χ0v) is 23.1. The first-order valence-corrected chi connectivity index (χ1v) is 13.5. The quantitative estimate of drug-likeness (QED) is 0.264. The largest absolute Gasteiger partial charge is 0.460 e. The standard InChI is InChI=1S/C33H35FN2O3/c1-6-29-20-27-19-26(21-30(31(27)38-29)25-11-13-28(34)14-12-25)24-9-7-23(8-10-24)22(2)35-15-17-36(18-16-35)32(37)39-33(3,4)5/h7-14,19-21H,2,6,15-18H2,1,3-5H3. The number of halogens is 1. The van der Waals surface area contributed by atoms with Gasteiger partial charge in [0.2, 0.25) is 0 Å². The average molecular weight is 527 g/mol. The van der Waals surface area contributed by atoms with Gasteiger partial charge in [0, 0.05) is 49.2 Å². The van der Waals surface area contributed by atoms with E-state index in [0.29, 0.717) is 26.2 Å². The average Bonchev–Trinajstić information content (AvgIpc) is 3.35. The number of fused-ring (bicyclic) bond motifs is 1. The Bertz CT molecular complexity index is 1490. The van der Waals surface area contributed by atoms with Crippen LogP contribution in [0.25, 0.3) is 38.9 Å². The van der Waals surface area contributed by atoms with E-state index >= 15 is 0 Å². The molecule has 4 aromatic rings. The molecule has 0 unspecified atom stereocenters. The van der Waals surface area contributed by atoms with Crippen molar-refractivity contribution < 1.29 is 18.3 Å². The fourth-order valence-electron chi connectivity index (χ4n) is 4.91. The molecule has 1 aliphatic heterocycles. The van der Waals surface area contributed by atoms with Crippen LogP contribution in [0.3, 0.4) is 0 Å². The second-order valence-corrected chi connectivity index (χ2v) is 11.0. The summed E-state index contributed by atoms with van der Waals surface area (Å²) >= 11 is 0. The molecule has 1 aliphatic rings. The summed E-state index contributed by atoms with van der Waals surface area (Å²) in [5.74, 6) is 0.658. The predicted molar refractivity (Wildman–Crippen MR) is 155 cm³/mol. The van der Waals surface area contributed by atoms with E-state index in [1.807, 2.05) is 20.8 Å². The number of furan rings is 1. The van der Waals surface area contributed by atoms with Crippen molar-refractivity contribution in [3.63, 3.8) is 0 Å². The lowest BCUT2D eigenvalue weighted by molar-refractivity contribution is 0.0182. The maximum absolute atomic E-state index is 13.6. The Morgan fingerprint density at radius 2 is 1.51 bits per heavy atom. The van der Waals surface area contributed by atoms with Gasteiger partial charge >= 0.3 is 6.09 Å². The van der Waals surface area contributed by atoms with Crippen molar-refractivity contribution in [3.8, 4) is 22.3 Å².